The quantitative estimate of drug-likeness (QED) is 0.736. The molecule has 2 aromatic heterocycles. The van der Waals surface area contributed by atoms with E-state index in [0.717, 1.165) is 5.56 Å². The van der Waals surface area contributed by atoms with Crippen molar-refractivity contribution in [3.8, 4) is 0 Å². The minimum absolute atomic E-state index is 0.0485. The monoisotopic (exact) mass is 336 g/mol. The number of rotatable bonds is 4. The first-order chi connectivity index (χ1) is 12.0. The Morgan fingerprint density at radius 2 is 1.84 bits per heavy atom. The summed E-state index contributed by atoms with van der Waals surface area (Å²) >= 11 is 0. The average molecular weight is 336 g/mol. The van der Waals surface area contributed by atoms with Gasteiger partial charge in [-0.2, -0.15) is 0 Å². The van der Waals surface area contributed by atoms with Crippen LogP contribution in [-0.2, 0) is 9.53 Å². The number of para-hydroxylation sites is 2. The van der Waals surface area contributed by atoms with E-state index in [0.29, 0.717) is 16.9 Å². The van der Waals surface area contributed by atoms with E-state index in [1.807, 2.05) is 19.1 Å². The number of carbonyl (C=O) groups is 2. The molecular formula is C18H16N4O3. The summed E-state index contributed by atoms with van der Waals surface area (Å²) in [5.41, 5.74) is 2.12. The van der Waals surface area contributed by atoms with Gasteiger partial charge in [0.2, 0.25) is 0 Å². The molecule has 0 aliphatic carbocycles. The molecule has 1 aromatic carbocycles. The fourth-order valence-electron chi connectivity index (χ4n) is 2.16. The van der Waals surface area contributed by atoms with E-state index in [2.05, 4.69) is 20.3 Å². The number of aryl methyl sites for hydroxylation is 1. The maximum Gasteiger partial charge on any atom is 0.359 e. The summed E-state index contributed by atoms with van der Waals surface area (Å²) in [5, 5.41) is 2.63. The molecule has 1 atom stereocenters. The Morgan fingerprint density at radius 3 is 2.60 bits per heavy atom. The average Bonchev–Trinajstić information content (AvgIpc) is 2.63. The zero-order valence-corrected chi connectivity index (χ0v) is 13.8. The molecule has 0 spiro atoms. The number of hydrogen-bond acceptors (Lipinski definition) is 6. The van der Waals surface area contributed by atoms with Crippen LogP contribution < -0.4 is 5.32 Å². The topological polar surface area (TPSA) is 94.1 Å². The molecule has 0 aliphatic rings. The van der Waals surface area contributed by atoms with Crippen LogP contribution in [0, 0.1) is 6.92 Å². The second-order valence-electron chi connectivity index (χ2n) is 5.45. The van der Waals surface area contributed by atoms with Gasteiger partial charge in [0.1, 0.15) is 5.82 Å². The number of anilines is 1. The zero-order chi connectivity index (χ0) is 17.8. The van der Waals surface area contributed by atoms with Crippen molar-refractivity contribution < 1.29 is 14.3 Å². The summed E-state index contributed by atoms with van der Waals surface area (Å²) in [6, 6.07) is 10.8. The smallest absolute Gasteiger partial charge is 0.359 e. The Labute approximate surface area is 144 Å². The van der Waals surface area contributed by atoms with Gasteiger partial charge in [-0.1, -0.05) is 18.2 Å². The molecule has 0 radical (unpaired) electrons. The highest BCUT2D eigenvalue weighted by atomic mass is 16.5. The van der Waals surface area contributed by atoms with E-state index in [4.69, 9.17) is 4.74 Å². The summed E-state index contributed by atoms with van der Waals surface area (Å²) in [4.78, 5) is 36.8. The molecule has 7 heteroatoms. The van der Waals surface area contributed by atoms with Crippen molar-refractivity contribution in [2.24, 2.45) is 0 Å². The van der Waals surface area contributed by atoms with Gasteiger partial charge in [0.25, 0.3) is 5.91 Å². The summed E-state index contributed by atoms with van der Waals surface area (Å²) in [6.45, 7) is 3.31. The van der Waals surface area contributed by atoms with Crippen molar-refractivity contribution in [3.05, 3.63) is 60.0 Å². The van der Waals surface area contributed by atoms with Gasteiger partial charge in [0, 0.05) is 6.20 Å². The number of aromatic nitrogens is 3. The molecule has 2 heterocycles. The number of esters is 1. The van der Waals surface area contributed by atoms with Crippen LogP contribution in [-0.4, -0.2) is 32.9 Å². The molecule has 3 aromatic rings. The Bertz CT molecular complexity index is 942. The van der Waals surface area contributed by atoms with Crippen LogP contribution in [0.3, 0.4) is 0 Å². The second kappa shape index (κ2) is 7.04. The van der Waals surface area contributed by atoms with Gasteiger partial charge in [-0.15, -0.1) is 0 Å². The van der Waals surface area contributed by atoms with E-state index in [1.54, 1.807) is 30.5 Å². The van der Waals surface area contributed by atoms with Crippen LogP contribution in [0.25, 0.3) is 11.0 Å². The third-order valence-electron chi connectivity index (χ3n) is 3.56. The van der Waals surface area contributed by atoms with Gasteiger partial charge >= 0.3 is 5.97 Å². The minimum atomic E-state index is -0.998. The summed E-state index contributed by atoms with van der Waals surface area (Å²) in [7, 11) is 0. The molecule has 1 N–H and O–H groups in total. The first kappa shape index (κ1) is 16.5. The number of amides is 1. The zero-order valence-electron chi connectivity index (χ0n) is 13.8. The van der Waals surface area contributed by atoms with Crippen LogP contribution in [0.1, 0.15) is 23.0 Å². The molecule has 126 valence electrons. The van der Waals surface area contributed by atoms with E-state index < -0.39 is 18.0 Å². The molecular weight excluding hydrogens is 320 g/mol. The molecule has 0 saturated carbocycles. The van der Waals surface area contributed by atoms with E-state index in [1.165, 1.54) is 13.1 Å². The molecule has 0 fully saturated rings. The highest BCUT2D eigenvalue weighted by Crippen LogP contribution is 2.12. The Balaban J connectivity index is 1.68. The molecule has 0 bridgehead atoms. The van der Waals surface area contributed by atoms with Crippen molar-refractivity contribution in [1.29, 1.82) is 0 Å². The standard InChI is InChI=1S/C18H16N4O3/c1-11-6-5-9-19-16(11)22-17(23)12(2)25-18(24)15-10-20-13-7-3-4-8-14(13)21-15/h3-10,12H,1-2H3,(H,19,22,23). The van der Waals surface area contributed by atoms with Crippen molar-refractivity contribution in [3.63, 3.8) is 0 Å². The summed E-state index contributed by atoms with van der Waals surface area (Å²) < 4.78 is 5.18. The van der Waals surface area contributed by atoms with Crippen molar-refractivity contribution >= 4 is 28.7 Å². The predicted molar refractivity (Wildman–Crippen MR) is 92.0 cm³/mol. The lowest BCUT2D eigenvalue weighted by molar-refractivity contribution is -0.123. The first-order valence-corrected chi connectivity index (χ1v) is 7.70. The number of ether oxygens (including phenoxy) is 1. The lowest BCUT2D eigenvalue weighted by atomic mass is 10.2. The predicted octanol–water partition coefficient (Wildman–Crippen LogP) is 2.52. The molecule has 3 rings (SSSR count). The number of pyridine rings is 1. The fraction of sp³-hybridized carbons (Fsp3) is 0.167. The lowest BCUT2D eigenvalue weighted by Crippen LogP contribution is -2.30. The summed E-state index contributed by atoms with van der Waals surface area (Å²) in [6.07, 6.45) is 1.91. The molecule has 0 aliphatic heterocycles. The highest BCUT2D eigenvalue weighted by molar-refractivity contribution is 5.97. The number of hydrogen-bond donors (Lipinski definition) is 1. The third-order valence-corrected chi connectivity index (χ3v) is 3.56. The number of benzene rings is 1. The van der Waals surface area contributed by atoms with Crippen LogP contribution in [0.15, 0.2) is 48.8 Å². The van der Waals surface area contributed by atoms with Gasteiger partial charge in [-0.05, 0) is 37.6 Å². The number of nitrogens with one attached hydrogen (secondary N) is 1. The lowest BCUT2D eigenvalue weighted by Gasteiger charge is -2.13. The van der Waals surface area contributed by atoms with Gasteiger partial charge in [0.15, 0.2) is 11.8 Å². The molecule has 1 unspecified atom stereocenters. The van der Waals surface area contributed by atoms with E-state index in [-0.39, 0.29) is 5.69 Å². The van der Waals surface area contributed by atoms with E-state index in [9.17, 15) is 9.59 Å². The number of nitrogens with zero attached hydrogens (tertiary/aromatic N) is 3. The minimum Gasteiger partial charge on any atom is -0.448 e. The SMILES string of the molecule is Cc1cccnc1NC(=O)C(C)OC(=O)c1cnc2ccccc2n1. The molecule has 0 saturated heterocycles. The van der Waals surface area contributed by atoms with Crippen molar-refractivity contribution in [2.75, 3.05) is 5.32 Å². The van der Waals surface area contributed by atoms with Gasteiger partial charge in [0.05, 0.1) is 17.2 Å². The summed E-state index contributed by atoms with van der Waals surface area (Å²) in [5.74, 6) is -0.747. The largest absolute Gasteiger partial charge is 0.448 e. The Hall–Kier alpha value is -3.35. The number of carbonyl (C=O) groups excluding carboxylic acids is 2. The van der Waals surface area contributed by atoms with Crippen LogP contribution >= 0.6 is 0 Å². The molecule has 7 nitrogen and oxygen atoms in total. The van der Waals surface area contributed by atoms with Crippen LogP contribution in [0.5, 0.6) is 0 Å². The van der Waals surface area contributed by atoms with Gasteiger partial charge in [-0.25, -0.2) is 14.8 Å². The van der Waals surface area contributed by atoms with Gasteiger partial charge < -0.3 is 10.1 Å². The Morgan fingerprint density at radius 1 is 1.08 bits per heavy atom. The second-order valence-corrected chi connectivity index (χ2v) is 5.45. The first-order valence-electron chi connectivity index (χ1n) is 7.70. The highest BCUT2D eigenvalue weighted by Gasteiger charge is 2.21. The maximum absolute atomic E-state index is 12.2. The van der Waals surface area contributed by atoms with E-state index >= 15 is 0 Å². The number of fused-ring (bicyclic) bond motifs is 1. The Kier molecular flexibility index (Phi) is 4.65. The van der Waals surface area contributed by atoms with Crippen LogP contribution in [0.2, 0.25) is 0 Å². The molecule has 25 heavy (non-hydrogen) atoms. The fourth-order valence-corrected chi connectivity index (χ4v) is 2.16. The van der Waals surface area contributed by atoms with Crippen molar-refractivity contribution in [1.82, 2.24) is 15.0 Å². The third kappa shape index (κ3) is 3.77. The van der Waals surface area contributed by atoms with Crippen LogP contribution in [0.4, 0.5) is 5.82 Å². The maximum atomic E-state index is 12.2. The molecule has 1 amide bonds. The normalized spacial score (nSPS) is 11.8. The van der Waals surface area contributed by atoms with Gasteiger partial charge in [-0.3, -0.25) is 9.78 Å². The van der Waals surface area contributed by atoms with Crippen molar-refractivity contribution in [2.45, 2.75) is 20.0 Å².